The van der Waals surface area contributed by atoms with Crippen LogP contribution in [0.15, 0.2) is 30.6 Å². The molecule has 0 aliphatic rings. The molecule has 3 aromatic rings. The zero-order chi connectivity index (χ0) is 22.8. The monoisotopic (exact) mass is 426 g/mol. The Labute approximate surface area is 180 Å². The number of nitrogens with one attached hydrogen (secondary N) is 3. The lowest BCUT2D eigenvalue weighted by Gasteiger charge is -2.25. The number of benzene rings is 1. The number of aryl methyl sites for hydroxylation is 1. The summed E-state index contributed by atoms with van der Waals surface area (Å²) >= 11 is 0. The van der Waals surface area contributed by atoms with E-state index >= 15 is 0 Å². The SMILES string of the molecule is CNc1ncc2cc(-c3cc(NC(=O)NC[C@@H](O)C(C)(C)C)c(F)cc3C)cnc2n1. The molecular formula is C22H27FN6O2. The highest BCUT2D eigenvalue weighted by Gasteiger charge is 2.22. The van der Waals surface area contributed by atoms with E-state index in [4.69, 9.17) is 0 Å². The average molecular weight is 426 g/mol. The quantitative estimate of drug-likeness (QED) is 0.495. The van der Waals surface area contributed by atoms with E-state index in [9.17, 15) is 14.3 Å². The second-order valence-electron chi connectivity index (χ2n) is 8.44. The average Bonchev–Trinajstić information content (AvgIpc) is 2.72. The molecule has 0 radical (unpaired) electrons. The van der Waals surface area contributed by atoms with Crippen LogP contribution in [0.2, 0.25) is 0 Å². The van der Waals surface area contributed by atoms with E-state index in [2.05, 4.69) is 30.9 Å². The van der Waals surface area contributed by atoms with Gasteiger partial charge in [0, 0.05) is 36.9 Å². The smallest absolute Gasteiger partial charge is 0.319 e. The molecular weight excluding hydrogens is 399 g/mol. The van der Waals surface area contributed by atoms with E-state index in [1.165, 1.54) is 6.07 Å². The summed E-state index contributed by atoms with van der Waals surface area (Å²) in [6, 6.07) is 4.20. The van der Waals surface area contributed by atoms with Crippen molar-refractivity contribution in [2.24, 2.45) is 5.41 Å². The molecule has 2 aromatic heterocycles. The molecule has 0 saturated carbocycles. The molecule has 2 amide bonds. The summed E-state index contributed by atoms with van der Waals surface area (Å²) in [4.78, 5) is 25.1. The van der Waals surface area contributed by atoms with Crippen molar-refractivity contribution in [3.8, 4) is 11.1 Å². The van der Waals surface area contributed by atoms with Gasteiger partial charge in [-0.2, -0.15) is 4.98 Å². The van der Waals surface area contributed by atoms with Gasteiger partial charge in [0.25, 0.3) is 0 Å². The number of rotatable bonds is 5. The highest BCUT2D eigenvalue weighted by molar-refractivity contribution is 5.91. The molecule has 1 atom stereocenters. The Hall–Kier alpha value is -3.33. The van der Waals surface area contributed by atoms with Gasteiger partial charge in [0.05, 0.1) is 11.8 Å². The van der Waals surface area contributed by atoms with Gasteiger partial charge in [0.2, 0.25) is 5.95 Å². The Morgan fingerprint density at radius 2 is 1.94 bits per heavy atom. The van der Waals surface area contributed by atoms with E-state index in [1.54, 1.807) is 32.4 Å². The number of hydrogen-bond donors (Lipinski definition) is 4. The number of carbonyl (C=O) groups is 1. The number of hydrogen-bond acceptors (Lipinski definition) is 6. The third kappa shape index (κ3) is 5.24. The lowest BCUT2D eigenvalue weighted by Crippen LogP contribution is -2.41. The van der Waals surface area contributed by atoms with Gasteiger partial charge < -0.3 is 21.1 Å². The van der Waals surface area contributed by atoms with Crippen molar-refractivity contribution in [1.82, 2.24) is 20.3 Å². The first-order chi connectivity index (χ1) is 14.6. The second-order valence-corrected chi connectivity index (χ2v) is 8.44. The number of carbonyl (C=O) groups excluding carboxylic acids is 1. The zero-order valence-corrected chi connectivity index (χ0v) is 18.2. The number of aliphatic hydroxyl groups is 1. The van der Waals surface area contributed by atoms with Crippen LogP contribution in [0.5, 0.6) is 0 Å². The summed E-state index contributed by atoms with van der Waals surface area (Å²) in [6.45, 7) is 7.44. The van der Waals surface area contributed by atoms with E-state index in [-0.39, 0.29) is 17.6 Å². The van der Waals surface area contributed by atoms with E-state index in [1.807, 2.05) is 26.8 Å². The molecule has 0 saturated heterocycles. The molecule has 0 fully saturated rings. The van der Waals surface area contributed by atoms with Gasteiger partial charge in [0.1, 0.15) is 5.82 Å². The van der Waals surface area contributed by atoms with Crippen molar-refractivity contribution in [3.05, 3.63) is 42.0 Å². The number of aliphatic hydroxyl groups excluding tert-OH is 1. The summed E-state index contributed by atoms with van der Waals surface area (Å²) in [5.41, 5.74) is 2.36. The Bertz CT molecular complexity index is 1110. The number of aromatic nitrogens is 3. The summed E-state index contributed by atoms with van der Waals surface area (Å²) < 4.78 is 14.5. The van der Waals surface area contributed by atoms with Gasteiger partial charge in [-0.15, -0.1) is 0 Å². The summed E-state index contributed by atoms with van der Waals surface area (Å²) in [7, 11) is 1.73. The fourth-order valence-corrected chi connectivity index (χ4v) is 2.93. The standard InChI is InChI=1S/C22H27FN6O2/c1-12-6-16(23)17(28-21(31)27-11-18(30)22(2,3)4)8-15(12)13-7-14-10-26-20(24-5)29-19(14)25-9-13/h6-10,18,30H,11H2,1-5H3,(H2,27,28,31)(H,24,25,26,29)/t18-/m1/s1. The van der Waals surface area contributed by atoms with Crippen molar-refractivity contribution in [2.45, 2.75) is 33.8 Å². The van der Waals surface area contributed by atoms with Crippen LogP contribution in [0.3, 0.4) is 0 Å². The Morgan fingerprint density at radius 1 is 1.19 bits per heavy atom. The van der Waals surface area contributed by atoms with Crippen LogP contribution in [0, 0.1) is 18.2 Å². The number of halogens is 1. The fourth-order valence-electron chi connectivity index (χ4n) is 2.93. The highest BCUT2D eigenvalue weighted by Crippen LogP contribution is 2.30. The molecule has 164 valence electrons. The maximum Gasteiger partial charge on any atom is 0.319 e. The first-order valence-electron chi connectivity index (χ1n) is 9.92. The Kier molecular flexibility index (Phi) is 6.35. The number of pyridine rings is 1. The number of amides is 2. The second kappa shape index (κ2) is 8.81. The lowest BCUT2D eigenvalue weighted by molar-refractivity contribution is 0.0654. The van der Waals surface area contributed by atoms with E-state index in [0.29, 0.717) is 17.2 Å². The number of nitrogens with zero attached hydrogens (tertiary/aromatic N) is 3. The lowest BCUT2D eigenvalue weighted by atomic mass is 9.89. The van der Waals surface area contributed by atoms with Crippen molar-refractivity contribution in [1.29, 1.82) is 0 Å². The van der Waals surface area contributed by atoms with Crippen molar-refractivity contribution >= 4 is 28.7 Å². The largest absolute Gasteiger partial charge is 0.391 e. The van der Waals surface area contributed by atoms with Crippen LogP contribution in [-0.4, -0.2) is 45.8 Å². The maximum atomic E-state index is 14.5. The van der Waals surface area contributed by atoms with Crippen molar-refractivity contribution in [3.63, 3.8) is 0 Å². The van der Waals surface area contributed by atoms with Gasteiger partial charge in [-0.3, -0.25) is 0 Å². The van der Waals surface area contributed by atoms with Gasteiger partial charge in [-0.05, 0) is 41.7 Å². The minimum Gasteiger partial charge on any atom is -0.391 e. The van der Waals surface area contributed by atoms with Gasteiger partial charge in [-0.1, -0.05) is 20.8 Å². The maximum absolute atomic E-state index is 14.5. The summed E-state index contributed by atoms with van der Waals surface area (Å²) in [6.07, 6.45) is 2.58. The van der Waals surface area contributed by atoms with Crippen LogP contribution in [0.25, 0.3) is 22.2 Å². The van der Waals surface area contributed by atoms with Crippen LogP contribution in [0.1, 0.15) is 26.3 Å². The molecule has 0 spiro atoms. The van der Waals surface area contributed by atoms with Crippen LogP contribution < -0.4 is 16.0 Å². The van der Waals surface area contributed by atoms with Crippen LogP contribution >= 0.6 is 0 Å². The van der Waals surface area contributed by atoms with Gasteiger partial charge in [-0.25, -0.2) is 19.2 Å². The molecule has 1 aromatic carbocycles. The van der Waals surface area contributed by atoms with E-state index < -0.39 is 18.0 Å². The van der Waals surface area contributed by atoms with Gasteiger partial charge >= 0.3 is 6.03 Å². The minimum atomic E-state index is -0.731. The molecule has 3 rings (SSSR count). The molecule has 0 bridgehead atoms. The third-order valence-corrected chi connectivity index (χ3v) is 4.99. The van der Waals surface area contributed by atoms with Crippen LogP contribution in [0.4, 0.5) is 20.8 Å². The van der Waals surface area contributed by atoms with Crippen molar-refractivity contribution in [2.75, 3.05) is 24.2 Å². The highest BCUT2D eigenvalue weighted by atomic mass is 19.1. The Balaban J connectivity index is 1.84. The third-order valence-electron chi connectivity index (χ3n) is 4.99. The van der Waals surface area contributed by atoms with Crippen molar-refractivity contribution < 1.29 is 14.3 Å². The molecule has 8 nitrogen and oxygen atoms in total. The van der Waals surface area contributed by atoms with Gasteiger partial charge in [0.15, 0.2) is 5.65 Å². The number of fused-ring (bicyclic) bond motifs is 1. The first kappa shape index (κ1) is 22.4. The van der Waals surface area contributed by atoms with E-state index in [0.717, 1.165) is 16.5 Å². The molecule has 2 heterocycles. The predicted molar refractivity (Wildman–Crippen MR) is 119 cm³/mol. The molecule has 0 aliphatic heterocycles. The topological polar surface area (TPSA) is 112 Å². The fraction of sp³-hybridized carbons (Fsp3) is 0.364. The molecule has 4 N–H and O–H groups in total. The summed E-state index contributed by atoms with van der Waals surface area (Å²) in [5.74, 6) is -0.0803. The normalized spacial score (nSPS) is 12.5. The number of urea groups is 1. The molecule has 9 heteroatoms. The number of anilines is 2. The minimum absolute atomic E-state index is 0.0326. The summed E-state index contributed by atoms with van der Waals surface area (Å²) in [5, 5.41) is 18.8. The first-order valence-corrected chi connectivity index (χ1v) is 9.92. The predicted octanol–water partition coefficient (Wildman–Crippen LogP) is 3.71. The zero-order valence-electron chi connectivity index (χ0n) is 18.2. The molecule has 0 aliphatic carbocycles. The molecule has 31 heavy (non-hydrogen) atoms. The molecule has 0 unspecified atom stereocenters. The Morgan fingerprint density at radius 3 is 2.61 bits per heavy atom. The van der Waals surface area contributed by atoms with Crippen LogP contribution in [-0.2, 0) is 0 Å².